The molecule has 0 bridgehead atoms. The van der Waals surface area contributed by atoms with Crippen LogP contribution in [-0.2, 0) is 25.7 Å². The smallest absolute Gasteiger partial charge is 0.165 e. The molecule has 0 atom stereocenters. The van der Waals surface area contributed by atoms with Gasteiger partial charge in [-0.1, -0.05) is 72.4 Å². The van der Waals surface area contributed by atoms with Gasteiger partial charge in [-0.25, -0.2) is 13.2 Å². The Balaban J connectivity index is 0.000000321. The van der Waals surface area contributed by atoms with Crippen molar-refractivity contribution in [3.05, 3.63) is 87.7 Å². The summed E-state index contributed by atoms with van der Waals surface area (Å²) in [6.07, 6.45) is 6.21. The molecule has 3 aromatic rings. The fraction of sp³-hybridized carbons (Fsp3) is 0.424. The topological polar surface area (TPSA) is 77.8 Å². The highest BCUT2D eigenvalue weighted by atomic mass is 19.1. The molecule has 4 nitrogen and oxygen atoms in total. The number of carbonyl (C=O) groups excluding carboxylic acids is 1. The number of hydrogen-bond donors (Lipinski definition) is 3. The first kappa shape index (κ1) is 34.5. The van der Waals surface area contributed by atoms with Crippen molar-refractivity contribution in [1.29, 1.82) is 0 Å². The van der Waals surface area contributed by atoms with E-state index in [0.717, 1.165) is 43.7 Å². The minimum absolute atomic E-state index is 0.0313. The van der Waals surface area contributed by atoms with Crippen LogP contribution < -0.4 is 0 Å². The third kappa shape index (κ3) is 10.2. The van der Waals surface area contributed by atoms with Crippen LogP contribution in [0, 0.1) is 17.5 Å². The van der Waals surface area contributed by atoms with Gasteiger partial charge in [-0.3, -0.25) is 4.79 Å². The molecule has 3 rings (SSSR count). The number of rotatable bonds is 10. The standard InChI is InChI=1S/C15H21FO2.C12H17FO.C6H5FO/c1-4-7-10-9-12(13(17)6-3)14(16)11(8-5-2)15(10)18;1-3-5-9-7-8-11(13)10(6-4-2)12(9)14;7-5-2-1-3-6(8)4-5/h9,18H,4-8H2,1-3H3;7-8,14H,3-6H2,1-2H3;1-4,8H. The molecule has 40 heavy (non-hydrogen) atoms. The Hall–Kier alpha value is -3.48. The maximum Gasteiger partial charge on any atom is 0.165 e. The van der Waals surface area contributed by atoms with Gasteiger partial charge in [0.2, 0.25) is 0 Å². The molecular formula is C33H43F3O4. The summed E-state index contributed by atoms with van der Waals surface area (Å²) in [5, 5.41) is 28.4. The summed E-state index contributed by atoms with van der Waals surface area (Å²) in [5.74, 6) is -1.29. The van der Waals surface area contributed by atoms with Gasteiger partial charge in [0.25, 0.3) is 0 Å². The average molecular weight is 561 g/mol. The molecule has 0 radical (unpaired) electrons. The van der Waals surface area contributed by atoms with Crippen LogP contribution in [0.4, 0.5) is 13.2 Å². The quantitative estimate of drug-likeness (QED) is 0.216. The van der Waals surface area contributed by atoms with E-state index in [0.29, 0.717) is 36.0 Å². The van der Waals surface area contributed by atoms with E-state index in [1.807, 2.05) is 27.7 Å². The largest absolute Gasteiger partial charge is 0.508 e. The van der Waals surface area contributed by atoms with E-state index >= 15 is 0 Å². The maximum absolute atomic E-state index is 14.2. The van der Waals surface area contributed by atoms with Gasteiger partial charge in [-0.15, -0.1) is 0 Å². The van der Waals surface area contributed by atoms with Gasteiger partial charge < -0.3 is 15.3 Å². The fourth-order valence-electron chi connectivity index (χ4n) is 4.19. The Morgan fingerprint density at radius 2 is 1.23 bits per heavy atom. The number of phenols is 3. The zero-order valence-electron chi connectivity index (χ0n) is 24.3. The molecule has 0 fully saturated rings. The molecule has 0 saturated carbocycles. The molecule has 0 aliphatic carbocycles. The molecule has 3 aromatic carbocycles. The van der Waals surface area contributed by atoms with Crippen LogP contribution in [0.1, 0.15) is 99.3 Å². The van der Waals surface area contributed by atoms with E-state index in [-0.39, 0.29) is 40.8 Å². The molecule has 0 saturated heterocycles. The fourth-order valence-corrected chi connectivity index (χ4v) is 4.19. The summed E-state index contributed by atoms with van der Waals surface area (Å²) in [6.45, 7) is 9.65. The molecule has 0 unspecified atom stereocenters. The zero-order valence-corrected chi connectivity index (χ0v) is 24.3. The van der Waals surface area contributed by atoms with Crippen molar-refractivity contribution < 1.29 is 33.3 Å². The summed E-state index contributed by atoms with van der Waals surface area (Å²) >= 11 is 0. The predicted molar refractivity (Wildman–Crippen MR) is 155 cm³/mol. The molecule has 7 heteroatoms. The maximum atomic E-state index is 14.2. The van der Waals surface area contributed by atoms with Crippen LogP contribution in [0.3, 0.4) is 0 Å². The van der Waals surface area contributed by atoms with Gasteiger partial charge in [-0.05, 0) is 61.1 Å². The van der Waals surface area contributed by atoms with Crippen LogP contribution in [0.2, 0.25) is 0 Å². The van der Waals surface area contributed by atoms with E-state index in [4.69, 9.17) is 5.11 Å². The van der Waals surface area contributed by atoms with Gasteiger partial charge in [0, 0.05) is 23.6 Å². The lowest BCUT2D eigenvalue weighted by molar-refractivity contribution is 0.0984. The van der Waals surface area contributed by atoms with Crippen LogP contribution in [0.15, 0.2) is 42.5 Å². The van der Waals surface area contributed by atoms with Crippen LogP contribution in [0.5, 0.6) is 17.2 Å². The average Bonchev–Trinajstić information content (AvgIpc) is 2.92. The number of carbonyl (C=O) groups is 1. The van der Waals surface area contributed by atoms with Crippen LogP contribution >= 0.6 is 0 Å². The monoisotopic (exact) mass is 560 g/mol. The minimum Gasteiger partial charge on any atom is -0.508 e. The summed E-state index contributed by atoms with van der Waals surface area (Å²) in [4.78, 5) is 11.7. The molecular weight excluding hydrogens is 517 g/mol. The molecule has 0 heterocycles. The highest BCUT2D eigenvalue weighted by Gasteiger charge is 2.20. The molecule has 3 N–H and O–H groups in total. The second-order valence-electron chi connectivity index (χ2n) is 9.51. The van der Waals surface area contributed by atoms with Gasteiger partial charge in [0.1, 0.15) is 34.7 Å². The molecule has 0 aliphatic heterocycles. The van der Waals surface area contributed by atoms with Gasteiger partial charge in [0.05, 0.1) is 5.56 Å². The Morgan fingerprint density at radius 1 is 0.675 bits per heavy atom. The van der Waals surface area contributed by atoms with E-state index < -0.39 is 11.6 Å². The highest BCUT2D eigenvalue weighted by Crippen LogP contribution is 2.31. The van der Waals surface area contributed by atoms with Crippen LogP contribution in [-0.4, -0.2) is 21.1 Å². The Bertz CT molecular complexity index is 1210. The third-order valence-corrected chi connectivity index (χ3v) is 6.19. The summed E-state index contributed by atoms with van der Waals surface area (Å²) in [6, 6.07) is 9.84. The van der Waals surface area contributed by atoms with E-state index in [1.54, 1.807) is 13.0 Å². The number of hydrogen-bond acceptors (Lipinski definition) is 4. The van der Waals surface area contributed by atoms with E-state index in [2.05, 4.69) is 0 Å². The first-order chi connectivity index (χ1) is 19.1. The van der Waals surface area contributed by atoms with Crippen molar-refractivity contribution in [2.75, 3.05) is 0 Å². The number of ketones is 1. The third-order valence-electron chi connectivity index (χ3n) is 6.19. The Morgan fingerprint density at radius 3 is 1.73 bits per heavy atom. The first-order valence-electron chi connectivity index (χ1n) is 14.1. The summed E-state index contributed by atoms with van der Waals surface area (Å²) in [5.41, 5.74) is 2.43. The van der Waals surface area contributed by atoms with E-state index in [1.165, 1.54) is 30.3 Å². The van der Waals surface area contributed by atoms with Crippen molar-refractivity contribution in [2.24, 2.45) is 0 Å². The Kier molecular flexibility index (Phi) is 15.5. The minimum atomic E-state index is -0.541. The van der Waals surface area contributed by atoms with Gasteiger partial charge in [-0.2, -0.15) is 0 Å². The first-order valence-corrected chi connectivity index (χ1v) is 14.1. The van der Waals surface area contributed by atoms with Crippen molar-refractivity contribution in [3.8, 4) is 17.2 Å². The lowest BCUT2D eigenvalue weighted by atomic mass is 9.95. The number of phenolic OH excluding ortho intramolecular Hbond substituents is 3. The second kappa shape index (κ2) is 18.0. The number of aryl methyl sites for hydroxylation is 2. The molecule has 0 amide bonds. The normalized spacial score (nSPS) is 10.3. The summed E-state index contributed by atoms with van der Waals surface area (Å²) in [7, 11) is 0. The highest BCUT2D eigenvalue weighted by molar-refractivity contribution is 5.96. The molecule has 0 spiro atoms. The van der Waals surface area contributed by atoms with Crippen molar-refractivity contribution >= 4 is 5.78 Å². The van der Waals surface area contributed by atoms with Crippen molar-refractivity contribution in [3.63, 3.8) is 0 Å². The molecule has 220 valence electrons. The predicted octanol–water partition coefficient (Wildman–Crippen LogP) is 9.00. The number of Topliss-reactive ketones (excluding diaryl/α,β-unsaturated/α-hetero) is 1. The molecule has 0 aromatic heterocycles. The Labute approximate surface area is 236 Å². The SMILES string of the molecule is CCCc1cc(C(=O)CC)c(F)c(CCC)c1O.CCCc1ccc(F)c(CCC)c1O.Oc1cccc(F)c1. The second-order valence-corrected chi connectivity index (χ2v) is 9.51. The number of aromatic hydroxyl groups is 3. The number of halogens is 3. The van der Waals surface area contributed by atoms with Crippen molar-refractivity contribution in [1.82, 2.24) is 0 Å². The van der Waals surface area contributed by atoms with Crippen molar-refractivity contribution in [2.45, 2.75) is 92.4 Å². The lowest BCUT2D eigenvalue weighted by Crippen LogP contribution is -2.07. The lowest BCUT2D eigenvalue weighted by Gasteiger charge is -2.13. The van der Waals surface area contributed by atoms with Crippen LogP contribution in [0.25, 0.3) is 0 Å². The van der Waals surface area contributed by atoms with Gasteiger partial charge >= 0.3 is 0 Å². The zero-order chi connectivity index (χ0) is 30.2. The van der Waals surface area contributed by atoms with Gasteiger partial charge in [0.15, 0.2) is 5.78 Å². The summed E-state index contributed by atoms with van der Waals surface area (Å²) < 4.78 is 39.5. The van der Waals surface area contributed by atoms with E-state index in [9.17, 15) is 28.2 Å². The number of benzene rings is 3. The molecule has 0 aliphatic rings.